The molecule has 1 radical (unpaired) electrons. The van der Waals surface area contributed by atoms with Crippen LogP contribution < -0.4 is 4.74 Å². The van der Waals surface area contributed by atoms with Crippen molar-refractivity contribution in [1.82, 2.24) is 0 Å². The lowest BCUT2D eigenvalue weighted by Gasteiger charge is -2.13. The third-order valence-corrected chi connectivity index (χ3v) is 2.85. The summed E-state index contributed by atoms with van der Waals surface area (Å²) < 4.78 is 5.46. The molecule has 0 N–H and O–H groups in total. The van der Waals surface area contributed by atoms with Crippen molar-refractivity contribution in [3.8, 4) is 5.75 Å². The molecular formula is C12H17OS. The molecule has 0 fully saturated rings. The Morgan fingerprint density at radius 2 is 2.21 bits per heavy atom. The predicted octanol–water partition coefficient (Wildman–Crippen LogP) is 3.74. The Morgan fingerprint density at radius 3 is 2.71 bits per heavy atom. The van der Waals surface area contributed by atoms with E-state index in [2.05, 4.69) is 32.2 Å². The number of thioether (sulfide) groups is 1. The molecule has 1 nitrogen and oxygen atoms in total. The summed E-state index contributed by atoms with van der Waals surface area (Å²) in [7, 11) is 0. The van der Waals surface area contributed by atoms with Crippen molar-refractivity contribution in [3.63, 3.8) is 0 Å². The molecule has 1 unspecified atom stereocenters. The van der Waals surface area contributed by atoms with E-state index in [9.17, 15) is 0 Å². The molecule has 0 spiro atoms. The first kappa shape index (κ1) is 11.4. The van der Waals surface area contributed by atoms with Gasteiger partial charge >= 0.3 is 0 Å². The Bertz CT molecular complexity index is 294. The molecule has 77 valence electrons. The Balaban J connectivity index is 3.01. The van der Waals surface area contributed by atoms with Crippen LogP contribution in [0.15, 0.2) is 23.1 Å². The van der Waals surface area contributed by atoms with Crippen molar-refractivity contribution in [3.05, 3.63) is 30.7 Å². The molecule has 0 aliphatic rings. The van der Waals surface area contributed by atoms with Gasteiger partial charge in [-0.05, 0) is 49.8 Å². The molecular weight excluding hydrogens is 192 g/mol. The van der Waals surface area contributed by atoms with Gasteiger partial charge in [0.25, 0.3) is 0 Å². The van der Waals surface area contributed by atoms with Crippen LogP contribution in [0.3, 0.4) is 0 Å². The molecule has 1 atom stereocenters. The average Bonchev–Trinajstić information content (AvgIpc) is 2.18. The predicted molar refractivity (Wildman–Crippen MR) is 63.2 cm³/mol. The van der Waals surface area contributed by atoms with E-state index in [1.807, 2.05) is 13.0 Å². The molecule has 0 aliphatic carbocycles. The first-order chi connectivity index (χ1) is 6.69. The quantitative estimate of drug-likeness (QED) is 0.698. The van der Waals surface area contributed by atoms with Crippen molar-refractivity contribution in [2.24, 2.45) is 0 Å². The van der Waals surface area contributed by atoms with Crippen LogP contribution in [0, 0.1) is 6.92 Å². The summed E-state index contributed by atoms with van der Waals surface area (Å²) in [5, 5.41) is 0. The smallest absolute Gasteiger partial charge is 0.119 e. The lowest BCUT2D eigenvalue weighted by atomic mass is 10.0. The van der Waals surface area contributed by atoms with Crippen molar-refractivity contribution in [2.45, 2.75) is 24.7 Å². The van der Waals surface area contributed by atoms with E-state index in [0.717, 1.165) is 5.75 Å². The van der Waals surface area contributed by atoms with Crippen LogP contribution in [0.4, 0.5) is 0 Å². The number of hydrogen-bond donors (Lipinski definition) is 0. The molecule has 14 heavy (non-hydrogen) atoms. The molecule has 0 aliphatic heterocycles. The number of hydrogen-bond acceptors (Lipinski definition) is 2. The Hall–Kier alpha value is -0.630. The van der Waals surface area contributed by atoms with Gasteiger partial charge in [0.15, 0.2) is 0 Å². The standard InChI is InChI=1S/C12H17OS/c1-5-13-10-6-7-12(14-4)11(8-10)9(2)3/h6-9H,2,5H2,1,3-4H3. The third kappa shape index (κ3) is 2.68. The fraction of sp³-hybridized carbons (Fsp3) is 0.417. The summed E-state index contributed by atoms with van der Waals surface area (Å²) in [6, 6.07) is 6.21. The van der Waals surface area contributed by atoms with E-state index in [-0.39, 0.29) is 0 Å². The van der Waals surface area contributed by atoms with Gasteiger partial charge in [-0.25, -0.2) is 0 Å². The van der Waals surface area contributed by atoms with Gasteiger partial charge in [-0.1, -0.05) is 6.92 Å². The first-order valence-electron chi connectivity index (χ1n) is 4.82. The van der Waals surface area contributed by atoms with Crippen molar-refractivity contribution >= 4 is 11.8 Å². The Morgan fingerprint density at radius 1 is 1.50 bits per heavy atom. The lowest BCUT2D eigenvalue weighted by molar-refractivity contribution is 0.339. The van der Waals surface area contributed by atoms with Crippen molar-refractivity contribution < 1.29 is 4.74 Å². The van der Waals surface area contributed by atoms with Gasteiger partial charge in [0, 0.05) is 4.90 Å². The van der Waals surface area contributed by atoms with Crippen LogP contribution in [0.5, 0.6) is 5.75 Å². The van der Waals surface area contributed by atoms with Crippen LogP contribution in [0.25, 0.3) is 0 Å². The highest BCUT2D eigenvalue weighted by atomic mass is 32.2. The van der Waals surface area contributed by atoms with Crippen molar-refractivity contribution in [2.75, 3.05) is 12.9 Å². The number of ether oxygens (including phenoxy) is 1. The van der Waals surface area contributed by atoms with Gasteiger partial charge in [0.05, 0.1) is 6.61 Å². The minimum atomic E-state index is 0.304. The molecule has 1 aromatic rings. The second-order valence-corrected chi connectivity index (χ2v) is 4.09. The van der Waals surface area contributed by atoms with Crippen LogP contribution in [0.1, 0.15) is 25.3 Å². The Labute approximate surface area is 90.9 Å². The van der Waals surface area contributed by atoms with E-state index in [1.165, 1.54) is 10.5 Å². The summed E-state index contributed by atoms with van der Waals surface area (Å²) in [5.74, 6) is 1.24. The minimum Gasteiger partial charge on any atom is -0.494 e. The maximum atomic E-state index is 5.46. The summed E-state index contributed by atoms with van der Waals surface area (Å²) in [6.45, 7) is 8.86. The van der Waals surface area contributed by atoms with E-state index in [0.29, 0.717) is 12.5 Å². The largest absolute Gasteiger partial charge is 0.494 e. The molecule has 0 aromatic heterocycles. The van der Waals surface area contributed by atoms with Gasteiger partial charge in [-0.2, -0.15) is 0 Å². The van der Waals surface area contributed by atoms with Gasteiger partial charge in [0.1, 0.15) is 5.75 Å². The van der Waals surface area contributed by atoms with Crippen molar-refractivity contribution in [1.29, 1.82) is 0 Å². The highest BCUT2D eigenvalue weighted by Gasteiger charge is 2.07. The Kier molecular flexibility index (Phi) is 4.33. The van der Waals surface area contributed by atoms with Gasteiger partial charge in [-0.15, -0.1) is 11.8 Å². The van der Waals surface area contributed by atoms with Crippen LogP contribution in [0.2, 0.25) is 0 Å². The summed E-state index contributed by atoms with van der Waals surface area (Å²) in [4.78, 5) is 1.29. The third-order valence-electron chi connectivity index (χ3n) is 2.04. The van der Waals surface area contributed by atoms with Crippen LogP contribution in [-0.2, 0) is 0 Å². The zero-order chi connectivity index (χ0) is 10.6. The molecule has 0 saturated heterocycles. The second kappa shape index (κ2) is 5.30. The van der Waals surface area contributed by atoms with E-state index in [4.69, 9.17) is 4.74 Å². The van der Waals surface area contributed by atoms with Gasteiger partial charge < -0.3 is 4.74 Å². The first-order valence-corrected chi connectivity index (χ1v) is 6.05. The van der Waals surface area contributed by atoms with E-state index in [1.54, 1.807) is 11.8 Å². The number of benzene rings is 1. The zero-order valence-corrected chi connectivity index (χ0v) is 9.86. The normalized spacial score (nSPS) is 10.6. The zero-order valence-electron chi connectivity index (χ0n) is 9.04. The number of rotatable bonds is 4. The highest BCUT2D eigenvalue weighted by Crippen LogP contribution is 2.30. The SMILES string of the molecule is [CH2]C(C)c1cc(OCC)ccc1SC. The fourth-order valence-electron chi connectivity index (χ4n) is 1.35. The fourth-order valence-corrected chi connectivity index (χ4v) is 2.05. The van der Waals surface area contributed by atoms with Crippen LogP contribution >= 0.6 is 11.8 Å². The van der Waals surface area contributed by atoms with Crippen LogP contribution in [-0.4, -0.2) is 12.9 Å². The maximum Gasteiger partial charge on any atom is 0.119 e. The summed E-state index contributed by atoms with van der Waals surface area (Å²) in [5.41, 5.74) is 1.27. The summed E-state index contributed by atoms with van der Waals surface area (Å²) >= 11 is 1.75. The highest BCUT2D eigenvalue weighted by molar-refractivity contribution is 7.98. The average molecular weight is 209 g/mol. The minimum absolute atomic E-state index is 0.304. The molecule has 2 heteroatoms. The summed E-state index contributed by atoms with van der Waals surface area (Å²) in [6.07, 6.45) is 2.08. The molecule has 0 heterocycles. The van der Waals surface area contributed by atoms with E-state index >= 15 is 0 Å². The molecule has 1 rings (SSSR count). The van der Waals surface area contributed by atoms with Gasteiger partial charge in [-0.3, -0.25) is 0 Å². The topological polar surface area (TPSA) is 9.23 Å². The molecule has 1 aromatic carbocycles. The van der Waals surface area contributed by atoms with Gasteiger partial charge in [0.2, 0.25) is 0 Å². The molecule has 0 bridgehead atoms. The molecule has 0 saturated carbocycles. The lowest BCUT2D eigenvalue weighted by Crippen LogP contribution is -1.95. The second-order valence-electron chi connectivity index (χ2n) is 3.24. The maximum absolute atomic E-state index is 5.46. The van der Waals surface area contributed by atoms with E-state index < -0.39 is 0 Å². The monoisotopic (exact) mass is 209 g/mol. The molecule has 0 amide bonds.